The van der Waals surface area contributed by atoms with Gasteiger partial charge in [-0.1, -0.05) is 22.5 Å². The van der Waals surface area contributed by atoms with Crippen molar-refractivity contribution in [2.24, 2.45) is 15.0 Å². The zero-order chi connectivity index (χ0) is 96.3. The van der Waals surface area contributed by atoms with E-state index in [9.17, 15) is 108 Å². The molecule has 0 radical (unpaired) electrons. The first-order valence-corrected chi connectivity index (χ1v) is 47.2. The van der Waals surface area contributed by atoms with Gasteiger partial charge in [0.05, 0.1) is 5.75 Å². The van der Waals surface area contributed by atoms with Gasteiger partial charge in [0.25, 0.3) is 35.4 Å². The van der Waals surface area contributed by atoms with Crippen LogP contribution in [0.1, 0.15) is 138 Å². The van der Waals surface area contributed by atoms with Gasteiger partial charge < -0.3 is 30.2 Å². The van der Waals surface area contributed by atoms with E-state index >= 15 is 0 Å². The van der Waals surface area contributed by atoms with E-state index in [4.69, 9.17) is 0 Å². The largest absolute Gasteiger partial charge is 0.573 e. The molecule has 0 atom stereocenters. The summed E-state index contributed by atoms with van der Waals surface area (Å²) in [7, 11) is -11.1. The molecular formula is C87H87BrF9N15O18S3. The van der Waals surface area contributed by atoms with Crippen LogP contribution in [0.5, 0.6) is 17.2 Å². The Balaban J connectivity index is 0.000000142. The summed E-state index contributed by atoms with van der Waals surface area (Å²) in [5.74, 6) is -2.59. The van der Waals surface area contributed by atoms with Gasteiger partial charge in [0.1, 0.15) is 68.0 Å². The van der Waals surface area contributed by atoms with E-state index < -0.39 is 112 Å². The van der Waals surface area contributed by atoms with Gasteiger partial charge in [0, 0.05) is 88.3 Å². The van der Waals surface area contributed by atoms with Crippen molar-refractivity contribution in [3.63, 3.8) is 0 Å². The van der Waals surface area contributed by atoms with Crippen LogP contribution in [0.25, 0.3) is 6.08 Å². The molecule has 0 bridgehead atoms. The van der Waals surface area contributed by atoms with E-state index in [1.54, 1.807) is 30.9 Å². The lowest BCUT2D eigenvalue weighted by molar-refractivity contribution is -0.275. The zero-order valence-corrected chi connectivity index (χ0v) is 75.9. The lowest BCUT2D eigenvalue weighted by Crippen LogP contribution is -2.50. The minimum absolute atomic E-state index is 0.0340. The number of sulfonamides is 3. The number of hydrogen-bond donors (Lipinski definition) is 6. The Morgan fingerprint density at radius 3 is 0.955 bits per heavy atom. The molecule has 18 rings (SSSR count). The minimum Gasteiger partial charge on any atom is -0.406 e. The summed E-state index contributed by atoms with van der Waals surface area (Å²) >= 11 is 3.51. The number of aryl methyl sites for hydroxylation is 6. The maximum absolute atomic E-state index is 13.3. The maximum Gasteiger partial charge on any atom is 0.573 e. The standard InChI is InChI=1S/C29H30F3N5O6S.C29H28F3N5O6S.C16H16F3N3O4S.C13H13BrN2O2/c2*1-17-15-20(37-26(40)34-25(39)28(37)8-9-28)16-18(2)22(17)7-14-44(41,42)36-12-10-27(11-13-36)24(38)33-23(35-27)19-3-5-21(6-4-19)43-29(30,31)32;1-2-27(24,25)22-9-7-15(8-10-22)14(23)20-13(21-15)11-3-5-12(6-4-11)26-16(17,18)19;1-7-5-9(6-8(2)10(7)14)16-12(18)15-11(17)13(16)3-4-13/h3-6,15-16H,7-14H2,1-2H3,(H,33,35,38)(H,34,39,40);3-7,14-16H,8-13H2,1-2H3,(H,33,35,38)(H,34,39,40);2-6H,1,7-10H2,(H,20,21,23);5-6H,3-4H2,1-2H3,(H,15,17,18)/b;14-7+;;. The van der Waals surface area contributed by atoms with Crippen molar-refractivity contribution >= 4 is 140 Å². The Hall–Kier alpha value is -12.0. The van der Waals surface area contributed by atoms with Crippen LogP contribution in [-0.2, 0) is 65.3 Å². The monoisotopic (exact) mass is 1980 g/mol. The molecule has 706 valence electrons. The number of hydrogen-bond acceptors (Lipinski definition) is 21. The van der Waals surface area contributed by atoms with Gasteiger partial charge in [0.2, 0.25) is 30.1 Å². The fraction of sp³-hybridized carbons (Fsp3) is 0.402. The number of imide groups is 3. The average molecular weight is 1980 g/mol. The highest BCUT2D eigenvalue weighted by atomic mass is 79.9. The highest BCUT2D eigenvalue weighted by Gasteiger charge is 2.65. The first-order chi connectivity index (χ1) is 62.2. The highest BCUT2D eigenvalue weighted by Crippen LogP contribution is 2.51. The number of amidine groups is 3. The molecule has 6 saturated heterocycles. The molecule has 33 nitrogen and oxygen atoms in total. The Kier molecular flexibility index (Phi) is 25.0. The zero-order valence-electron chi connectivity index (χ0n) is 71.9. The second-order valence-electron chi connectivity index (χ2n) is 34.2. The maximum atomic E-state index is 13.3. The Morgan fingerprint density at radius 1 is 0.391 bits per heavy atom. The number of halogens is 10. The van der Waals surface area contributed by atoms with Gasteiger partial charge in [-0.15, -0.1) is 39.5 Å². The van der Waals surface area contributed by atoms with Crippen molar-refractivity contribution < 1.29 is 122 Å². The number of benzene rings is 6. The number of carbonyl (C=O) groups is 9. The van der Waals surface area contributed by atoms with Crippen molar-refractivity contribution in [2.75, 3.05) is 59.7 Å². The van der Waals surface area contributed by atoms with Gasteiger partial charge in [0.15, 0.2) is 0 Å². The molecule has 9 aliphatic heterocycles. The molecule has 6 aromatic rings. The minimum atomic E-state index is -4.83. The summed E-state index contributed by atoms with van der Waals surface area (Å²) in [5, 5.41) is 17.1. The molecule has 46 heteroatoms. The molecule has 3 saturated carbocycles. The Bertz CT molecular complexity index is 6290. The quantitative estimate of drug-likeness (QED) is 0.0344. The van der Waals surface area contributed by atoms with Crippen molar-refractivity contribution in [1.29, 1.82) is 0 Å². The first-order valence-electron chi connectivity index (χ1n) is 41.8. The third-order valence-electron chi connectivity index (χ3n) is 25.5. The van der Waals surface area contributed by atoms with E-state index in [0.29, 0.717) is 59.3 Å². The summed E-state index contributed by atoms with van der Waals surface area (Å²) in [6.07, 6.45) is -7.88. The van der Waals surface area contributed by atoms with Crippen LogP contribution in [-0.4, -0.2) is 207 Å². The van der Waals surface area contributed by atoms with Crippen molar-refractivity contribution in [3.8, 4) is 17.2 Å². The SMILES string of the molecule is C=CS(=O)(=O)N1CCC2(CC1)N=C(c1ccc(OC(F)(F)F)cc1)NC2=O.Cc1cc(N2C(=O)NC(=O)C23CC3)cc(C)c1/C=C/S(=O)(=O)N1CCC2(CC1)N=C(c1ccc(OC(F)(F)F)cc1)NC2=O.Cc1cc(N2C(=O)NC(=O)C23CC3)cc(C)c1Br.Cc1cc(N2C(=O)NC(=O)C23CC3)cc(C)c1CCS(=O)(=O)N1CCC2(CC1)N=C(c1ccc(OC(F)(F)F)cc1)NC2=O. The number of rotatable bonds is 18. The molecule has 12 amide bonds. The predicted molar refractivity (Wildman–Crippen MR) is 468 cm³/mol. The lowest BCUT2D eigenvalue weighted by atomic mass is 9.89. The third kappa shape index (κ3) is 19.3. The summed E-state index contributed by atoms with van der Waals surface area (Å²) in [6, 6.07) is 24.7. The van der Waals surface area contributed by atoms with E-state index in [0.717, 1.165) is 109 Å². The number of ether oxygens (including phenoxy) is 3. The van der Waals surface area contributed by atoms with Crippen molar-refractivity contribution in [1.82, 2.24) is 44.8 Å². The Morgan fingerprint density at radius 2 is 0.669 bits per heavy atom. The number of nitrogens with zero attached hydrogens (tertiary/aromatic N) is 9. The van der Waals surface area contributed by atoms with E-state index in [2.05, 4.69) is 83.6 Å². The number of nitrogens with one attached hydrogen (secondary N) is 6. The molecule has 12 aliphatic rings. The number of alkyl halides is 9. The molecule has 0 unspecified atom stereocenters. The highest BCUT2D eigenvalue weighted by molar-refractivity contribution is 9.10. The van der Waals surface area contributed by atoms with Crippen LogP contribution in [0, 0.1) is 41.5 Å². The van der Waals surface area contributed by atoms with E-state index in [1.807, 2.05) is 52.0 Å². The fourth-order valence-corrected chi connectivity index (χ4v) is 21.6. The van der Waals surface area contributed by atoms with Crippen LogP contribution in [0.15, 0.2) is 146 Å². The third-order valence-corrected chi connectivity index (χ3v) is 31.7. The summed E-state index contributed by atoms with van der Waals surface area (Å²) in [5.41, 5.74) is 4.25. The van der Waals surface area contributed by atoms with Crippen LogP contribution >= 0.6 is 15.9 Å². The van der Waals surface area contributed by atoms with Crippen LogP contribution in [0.4, 0.5) is 71.0 Å². The molecule has 6 N–H and O–H groups in total. The molecule has 6 aromatic carbocycles. The predicted octanol–water partition coefficient (Wildman–Crippen LogP) is 11.0. The summed E-state index contributed by atoms with van der Waals surface area (Å²) in [4.78, 5) is 130. The van der Waals surface area contributed by atoms with Crippen molar-refractivity contribution in [2.45, 2.75) is 177 Å². The number of anilines is 3. The second-order valence-corrected chi connectivity index (χ2v) is 40.8. The molecule has 133 heavy (non-hydrogen) atoms. The summed E-state index contributed by atoms with van der Waals surface area (Å²) in [6.45, 7) is 15.0. The Labute approximate surface area is 764 Å². The van der Waals surface area contributed by atoms with Gasteiger partial charge in [-0.3, -0.25) is 74.4 Å². The molecule has 0 aromatic heterocycles. The van der Waals surface area contributed by atoms with Crippen LogP contribution in [0.3, 0.4) is 0 Å². The van der Waals surface area contributed by atoms with Crippen molar-refractivity contribution in [3.05, 3.63) is 192 Å². The number of piperidine rings is 3. The number of aliphatic imine (C=N–C) groups is 3. The number of carbonyl (C=O) groups excluding carboxylic acids is 9. The van der Waals surface area contributed by atoms with Gasteiger partial charge in [-0.05, 0) is 285 Å². The van der Waals surface area contributed by atoms with Gasteiger partial charge in [-0.2, -0.15) is 8.61 Å². The molecule has 9 fully saturated rings. The second kappa shape index (κ2) is 34.8. The fourth-order valence-electron chi connectivity index (χ4n) is 17.9. The molecular weight excluding hydrogens is 1890 g/mol. The normalized spacial score (nSPS) is 20.9. The average Bonchev–Trinajstić information content (AvgIpc) is 1.56. The van der Waals surface area contributed by atoms with Crippen LogP contribution < -0.4 is 60.8 Å². The summed E-state index contributed by atoms with van der Waals surface area (Å²) < 4.78 is 205. The molecule has 9 heterocycles. The van der Waals surface area contributed by atoms with E-state index in [-0.39, 0.29) is 149 Å². The number of urea groups is 3. The number of amides is 12. The van der Waals surface area contributed by atoms with Crippen LogP contribution in [0.2, 0.25) is 0 Å². The van der Waals surface area contributed by atoms with E-state index in [1.165, 1.54) is 65.2 Å². The molecule has 6 spiro atoms. The lowest BCUT2D eigenvalue weighted by Gasteiger charge is -2.34. The molecule has 3 aliphatic carbocycles. The topological polar surface area (TPSA) is 412 Å². The first kappa shape index (κ1) is 95.6. The smallest absolute Gasteiger partial charge is 0.406 e. The van der Waals surface area contributed by atoms with Gasteiger partial charge in [-0.25, -0.2) is 43.9 Å². The van der Waals surface area contributed by atoms with Gasteiger partial charge >= 0.3 is 37.2 Å².